The number of H-pyrrole nitrogens is 1. The average molecular weight is 337 g/mol. The van der Waals surface area contributed by atoms with Gasteiger partial charge in [0.25, 0.3) is 11.8 Å². The van der Waals surface area contributed by atoms with Crippen LogP contribution in [0.3, 0.4) is 0 Å². The van der Waals surface area contributed by atoms with Gasteiger partial charge in [0.15, 0.2) is 5.17 Å². The van der Waals surface area contributed by atoms with Gasteiger partial charge in [-0.25, -0.2) is 0 Å². The Morgan fingerprint density at radius 2 is 2.36 bits per heavy atom. The number of fused-ring (bicyclic) bond motifs is 1. The molecule has 2 heterocycles. The van der Waals surface area contributed by atoms with E-state index >= 15 is 0 Å². The van der Waals surface area contributed by atoms with Crippen LogP contribution in [-0.2, 0) is 4.79 Å². The van der Waals surface area contributed by atoms with Crippen molar-refractivity contribution >= 4 is 51.2 Å². The third-order valence-electron chi connectivity index (χ3n) is 3.13. The first-order chi connectivity index (χ1) is 10.6. The molecule has 0 atom stereocenters. The van der Waals surface area contributed by atoms with Crippen LogP contribution in [0.1, 0.15) is 17.4 Å². The summed E-state index contributed by atoms with van der Waals surface area (Å²) < 4.78 is 0. The third-order valence-corrected chi connectivity index (χ3v) is 4.42. The number of carbonyl (C=O) groups is 2. The van der Waals surface area contributed by atoms with Crippen molar-refractivity contribution in [2.75, 3.05) is 12.3 Å². The van der Waals surface area contributed by atoms with E-state index in [0.29, 0.717) is 22.4 Å². The van der Waals surface area contributed by atoms with E-state index in [-0.39, 0.29) is 11.7 Å². The molecule has 1 aliphatic rings. The fraction of sp³-hybridized carbons (Fsp3) is 0.214. The number of aromatic amines is 1. The van der Waals surface area contributed by atoms with E-state index in [1.807, 2.05) is 13.0 Å². The van der Waals surface area contributed by atoms with Crippen LogP contribution in [0.5, 0.6) is 0 Å². The maximum atomic E-state index is 12.3. The molecule has 1 aromatic carbocycles. The number of aliphatic imine (C=N–C) groups is 1. The van der Waals surface area contributed by atoms with E-state index in [1.54, 1.807) is 18.2 Å². The van der Waals surface area contributed by atoms with Crippen molar-refractivity contribution in [3.8, 4) is 0 Å². The van der Waals surface area contributed by atoms with Gasteiger partial charge in [-0.2, -0.15) is 5.01 Å². The number of carbonyl (C=O) groups excluding carboxylic acids is 2. The minimum absolute atomic E-state index is 0.195. The highest BCUT2D eigenvalue weighted by molar-refractivity contribution is 8.15. The van der Waals surface area contributed by atoms with Gasteiger partial charge >= 0.3 is 0 Å². The quantitative estimate of drug-likeness (QED) is 0.903. The van der Waals surface area contributed by atoms with Crippen LogP contribution in [0.25, 0.3) is 10.9 Å². The van der Waals surface area contributed by atoms with Gasteiger partial charge in [-0.1, -0.05) is 29.4 Å². The molecule has 22 heavy (non-hydrogen) atoms. The Bertz CT molecular complexity index is 786. The van der Waals surface area contributed by atoms with Crippen molar-refractivity contribution in [2.24, 2.45) is 4.99 Å². The number of aromatic nitrogens is 1. The first-order valence-corrected chi connectivity index (χ1v) is 8.05. The molecule has 1 aromatic heterocycles. The van der Waals surface area contributed by atoms with E-state index in [0.717, 1.165) is 10.9 Å². The summed E-state index contributed by atoms with van der Waals surface area (Å²) >= 11 is 7.40. The smallest absolute Gasteiger partial charge is 0.286 e. The number of thioether (sulfide) groups is 1. The van der Waals surface area contributed by atoms with Crippen LogP contribution in [0.2, 0.25) is 5.02 Å². The fourth-order valence-corrected chi connectivity index (χ4v) is 3.23. The van der Waals surface area contributed by atoms with Crippen LogP contribution < -0.4 is 5.43 Å². The zero-order valence-corrected chi connectivity index (χ0v) is 13.3. The molecule has 114 valence electrons. The molecule has 0 spiro atoms. The molecular formula is C14H13ClN4O2S. The monoisotopic (exact) mass is 336 g/mol. The number of benzene rings is 1. The number of nitrogens with one attached hydrogen (secondary N) is 2. The predicted octanol–water partition coefficient (Wildman–Crippen LogP) is 2.42. The Balaban J connectivity index is 1.85. The van der Waals surface area contributed by atoms with E-state index in [4.69, 9.17) is 11.6 Å². The first-order valence-electron chi connectivity index (χ1n) is 6.68. The van der Waals surface area contributed by atoms with Crippen LogP contribution >= 0.6 is 23.4 Å². The van der Waals surface area contributed by atoms with E-state index < -0.39 is 5.91 Å². The molecule has 1 fully saturated rings. The summed E-state index contributed by atoms with van der Waals surface area (Å²) in [4.78, 5) is 31.4. The van der Waals surface area contributed by atoms with Crippen LogP contribution in [-0.4, -0.2) is 39.3 Å². The van der Waals surface area contributed by atoms with Gasteiger partial charge in [0.05, 0.1) is 5.75 Å². The number of hydrazine groups is 1. The molecule has 0 unspecified atom stereocenters. The lowest BCUT2D eigenvalue weighted by Gasteiger charge is -2.16. The number of rotatable bonds is 3. The molecule has 0 aliphatic carbocycles. The Hall–Kier alpha value is -1.99. The minimum Gasteiger partial charge on any atom is -0.350 e. The number of nitrogens with zero attached hydrogens (tertiary/aromatic N) is 2. The number of amidine groups is 1. The molecule has 2 aromatic rings. The maximum Gasteiger partial charge on any atom is 0.286 e. The van der Waals surface area contributed by atoms with Gasteiger partial charge in [0.1, 0.15) is 5.69 Å². The topological polar surface area (TPSA) is 77.6 Å². The average Bonchev–Trinajstić information content (AvgIpc) is 3.07. The Labute approximate surface area is 135 Å². The van der Waals surface area contributed by atoms with Crippen molar-refractivity contribution < 1.29 is 9.59 Å². The van der Waals surface area contributed by atoms with E-state index in [1.165, 1.54) is 16.8 Å². The second kappa shape index (κ2) is 6.02. The summed E-state index contributed by atoms with van der Waals surface area (Å²) in [5.74, 6) is -0.330. The van der Waals surface area contributed by atoms with Crippen LogP contribution in [0, 0.1) is 0 Å². The van der Waals surface area contributed by atoms with Gasteiger partial charge < -0.3 is 4.98 Å². The maximum absolute atomic E-state index is 12.3. The number of halogens is 1. The summed E-state index contributed by atoms with van der Waals surface area (Å²) in [7, 11) is 0. The summed E-state index contributed by atoms with van der Waals surface area (Å²) in [6.07, 6.45) is 0. The van der Waals surface area contributed by atoms with Crippen molar-refractivity contribution in [3.63, 3.8) is 0 Å². The molecule has 1 saturated heterocycles. The highest BCUT2D eigenvalue weighted by atomic mass is 35.5. The number of amides is 2. The molecule has 2 N–H and O–H groups in total. The van der Waals surface area contributed by atoms with Gasteiger partial charge in [-0.05, 0) is 25.1 Å². The summed E-state index contributed by atoms with van der Waals surface area (Å²) in [5.41, 5.74) is 3.68. The van der Waals surface area contributed by atoms with Gasteiger partial charge in [-0.15, -0.1) is 0 Å². The summed E-state index contributed by atoms with van der Waals surface area (Å²) in [5, 5.41) is 3.03. The Morgan fingerprint density at radius 1 is 1.55 bits per heavy atom. The molecular weight excluding hydrogens is 324 g/mol. The molecule has 3 rings (SSSR count). The highest BCUT2D eigenvalue weighted by Gasteiger charge is 2.30. The van der Waals surface area contributed by atoms with Gasteiger partial charge in [-0.3, -0.25) is 20.0 Å². The zero-order chi connectivity index (χ0) is 15.7. The largest absolute Gasteiger partial charge is 0.350 e. The summed E-state index contributed by atoms with van der Waals surface area (Å²) in [6, 6.07) is 7.05. The molecule has 0 radical (unpaired) electrons. The second-order valence-electron chi connectivity index (χ2n) is 4.60. The number of hydrogen-bond donors (Lipinski definition) is 2. The standard InChI is InChI=1S/C14H13ClN4O2S/c1-2-16-14-19(12(20)7-22-14)18-13(21)11-6-8-9(15)4-3-5-10(8)17-11/h3-6,17H,2,7H2,1H3,(H,18,21). The fourth-order valence-electron chi connectivity index (χ4n) is 2.13. The molecule has 2 amide bonds. The lowest BCUT2D eigenvalue weighted by atomic mass is 10.2. The van der Waals surface area contributed by atoms with Crippen molar-refractivity contribution in [2.45, 2.75) is 6.92 Å². The van der Waals surface area contributed by atoms with Crippen molar-refractivity contribution in [1.29, 1.82) is 0 Å². The second-order valence-corrected chi connectivity index (χ2v) is 5.95. The summed E-state index contributed by atoms with van der Waals surface area (Å²) in [6.45, 7) is 2.42. The van der Waals surface area contributed by atoms with Crippen LogP contribution in [0.4, 0.5) is 0 Å². The van der Waals surface area contributed by atoms with Crippen LogP contribution in [0.15, 0.2) is 29.3 Å². The zero-order valence-electron chi connectivity index (χ0n) is 11.7. The lowest BCUT2D eigenvalue weighted by molar-refractivity contribution is -0.125. The number of hydrogen-bond acceptors (Lipinski definition) is 4. The lowest BCUT2D eigenvalue weighted by Crippen LogP contribution is -2.45. The van der Waals surface area contributed by atoms with E-state index in [2.05, 4.69) is 15.4 Å². The third kappa shape index (κ3) is 2.69. The Morgan fingerprint density at radius 3 is 3.09 bits per heavy atom. The van der Waals surface area contributed by atoms with E-state index in [9.17, 15) is 9.59 Å². The molecule has 0 bridgehead atoms. The first kappa shape index (κ1) is 14.9. The normalized spacial score (nSPS) is 16.7. The minimum atomic E-state index is -0.410. The Kier molecular flexibility index (Phi) is 4.08. The molecule has 0 saturated carbocycles. The van der Waals surface area contributed by atoms with Gasteiger partial charge in [0.2, 0.25) is 0 Å². The molecule has 6 nitrogen and oxygen atoms in total. The highest BCUT2D eigenvalue weighted by Crippen LogP contribution is 2.24. The van der Waals surface area contributed by atoms with Crippen molar-refractivity contribution in [1.82, 2.24) is 15.4 Å². The molecule has 8 heteroatoms. The molecule has 1 aliphatic heterocycles. The predicted molar refractivity (Wildman–Crippen MR) is 88.1 cm³/mol. The van der Waals surface area contributed by atoms with Crippen molar-refractivity contribution in [3.05, 3.63) is 35.0 Å². The SMILES string of the molecule is CCN=C1SCC(=O)N1NC(=O)c1cc2c(Cl)cccc2[nH]1. The van der Waals surface area contributed by atoms with Gasteiger partial charge in [0, 0.05) is 22.5 Å².